The van der Waals surface area contributed by atoms with Crippen LogP contribution in [0.2, 0.25) is 0 Å². The SMILES string of the molecule is CCCCCCCCCCCCCCCCCCCCCCCCCC(O)C(CO)NC(=O)CCCCCCCCC/C=C\CCCCCCCCCCCCCCOC(=O)CCCCCCCCCCCCC. The predicted octanol–water partition coefficient (Wildman–Crippen LogP) is 21.6. The fourth-order valence-electron chi connectivity index (χ4n) is 10.9. The van der Waals surface area contributed by atoms with Crippen molar-refractivity contribution in [3.63, 3.8) is 0 Å². The molecule has 0 heterocycles. The van der Waals surface area contributed by atoms with Crippen molar-refractivity contribution in [2.75, 3.05) is 13.2 Å². The summed E-state index contributed by atoms with van der Waals surface area (Å²) in [6.45, 7) is 4.98. The van der Waals surface area contributed by atoms with Gasteiger partial charge in [-0.25, -0.2) is 0 Å². The van der Waals surface area contributed by atoms with Crippen molar-refractivity contribution in [3.05, 3.63) is 12.2 Å². The van der Waals surface area contributed by atoms with Crippen LogP contribution in [0.5, 0.6) is 0 Å². The molecule has 0 aliphatic rings. The van der Waals surface area contributed by atoms with E-state index in [4.69, 9.17) is 4.74 Å². The third-order valence-corrected chi connectivity index (χ3v) is 16.1. The van der Waals surface area contributed by atoms with E-state index < -0.39 is 12.1 Å². The quantitative estimate of drug-likeness (QED) is 0.0320. The average molecular weight is 1040 g/mol. The summed E-state index contributed by atoms with van der Waals surface area (Å²) in [4.78, 5) is 24.5. The van der Waals surface area contributed by atoms with Gasteiger partial charge in [-0.2, -0.15) is 0 Å². The Morgan fingerprint density at radius 1 is 0.365 bits per heavy atom. The van der Waals surface area contributed by atoms with E-state index in [2.05, 4.69) is 31.3 Å². The molecule has 3 N–H and O–H groups in total. The van der Waals surface area contributed by atoms with E-state index in [1.165, 1.54) is 315 Å². The smallest absolute Gasteiger partial charge is 0.305 e. The van der Waals surface area contributed by atoms with Crippen LogP contribution in [0.1, 0.15) is 386 Å². The molecule has 0 fully saturated rings. The molecule has 74 heavy (non-hydrogen) atoms. The van der Waals surface area contributed by atoms with E-state index in [0.29, 0.717) is 25.9 Å². The summed E-state index contributed by atoms with van der Waals surface area (Å²) in [6, 6.07) is -0.546. The summed E-state index contributed by atoms with van der Waals surface area (Å²) in [5.41, 5.74) is 0. The molecule has 0 aromatic rings. The number of unbranched alkanes of at least 4 members (excludes halogenated alkanes) is 51. The molecule has 0 aliphatic heterocycles. The van der Waals surface area contributed by atoms with Crippen LogP contribution in [0.4, 0.5) is 0 Å². The minimum atomic E-state index is -0.669. The van der Waals surface area contributed by atoms with Gasteiger partial charge in [-0.15, -0.1) is 0 Å². The minimum Gasteiger partial charge on any atom is -0.466 e. The molecule has 0 spiro atoms. The summed E-state index contributed by atoms with van der Waals surface area (Å²) in [7, 11) is 0. The lowest BCUT2D eigenvalue weighted by Gasteiger charge is -2.22. The molecule has 6 nitrogen and oxygen atoms in total. The molecular formula is C68H133NO5. The maximum absolute atomic E-state index is 12.5. The van der Waals surface area contributed by atoms with Crippen molar-refractivity contribution in [2.24, 2.45) is 0 Å². The molecule has 6 heteroatoms. The number of aliphatic hydroxyl groups excluding tert-OH is 2. The summed E-state index contributed by atoms with van der Waals surface area (Å²) in [5.74, 6) is -0.0242. The van der Waals surface area contributed by atoms with Crippen LogP contribution in [-0.2, 0) is 14.3 Å². The fraction of sp³-hybridized carbons (Fsp3) is 0.941. The normalized spacial score (nSPS) is 12.5. The van der Waals surface area contributed by atoms with Crippen molar-refractivity contribution in [3.8, 4) is 0 Å². The van der Waals surface area contributed by atoms with Crippen molar-refractivity contribution in [1.29, 1.82) is 0 Å². The first-order valence-electron chi connectivity index (χ1n) is 33.9. The first-order chi connectivity index (χ1) is 36.5. The van der Waals surface area contributed by atoms with Gasteiger partial charge in [0.15, 0.2) is 0 Å². The minimum absolute atomic E-state index is 0.0122. The van der Waals surface area contributed by atoms with Gasteiger partial charge in [0.25, 0.3) is 0 Å². The van der Waals surface area contributed by atoms with E-state index in [0.717, 1.165) is 38.5 Å². The number of allylic oxidation sites excluding steroid dienone is 2. The number of amides is 1. The van der Waals surface area contributed by atoms with E-state index in [9.17, 15) is 19.8 Å². The van der Waals surface area contributed by atoms with Crippen LogP contribution in [0, 0.1) is 0 Å². The first-order valence-corrected chi connectivity index (χ1v) is 33.9. The molecule has 0 radical (unpaired) electrons. The van der Waals surface area contributed by atoms with E-state index in [-0.39, 0.29) is 18.5 Å². The first kappa shape index (κ1) is 72.6. The molecule has 0 bridgehead atoms. The number of rotatable bonds is 64. The Bertz CT molecular complexity index is 1110. The third-order valence-electron chi connectivity index (χ3n) is 16.1. The Morgan fingerprint density at radius 2 is 0.635 bits per heavy atom. The van der Waals surface area contributed by atoms with Gasteiger partial charge in [0.2, 0.25) is 5.91 Å². The van der Waals surface area contributed by atoms with E-state index in [1.807, 2.05) is 0 Å². The molecule has 1 amide bonds. The number of esters is 1. The highest BCUT2D eigenvalue weighted by Gasteiger charge is 2.20. The highest BCUT2D eigenvalue weighted by atomic mass is 16.5. The van der Waals surface area contributed by atoms with Gasteiger partial charge in [0.05, 0.1) is 25.4 Å². The Balaban J connectivity index is 3.41. The fourth-order valence-corrected chi connectivity index (χ4v) is 10.9. The maximum Gasteiger partial charge on any atom is 0.305 e. The van der Waals surface area contributed by atoms with Gasteiger partial charge in [-0.1, -0.05) is 334 Å². The van der Waals surface area contributed by atoms with Crippen LogP contribution >= 0.6 is 0 Å². The highest BCUT2D eigenvalue weighted by Crippen LogP contribution is 2.19. The standard InChI is InChI=1S/C68H133NO5/c1-3-5-7-9-11-13-15-16-17-18-19-20-22-25-28-31-34-37-41-44-48-52-56-60-66(71)65(64-70)69-67(72)61-57-53-49-45-42-38-35-32-29-26-23-21-24-27-30-33-36-39-43-47-51-55-59-63-74-68(73)62-58-54-50-46-40-14-12-10-8-6-4-2/h26,29,65-66,70-71H,3-25,27-28,30-64H2,1-2H3,(H,69,72)/b29-26-. The zero-order valence-electron chi connectivity index (χ0n) is 50.4. The third kappa shape index (κ3) is 59.8. The second-order valence-corrected chi connectivity index (χ2v) is 23.5. The van der Waals surface area contributed by atoms with Gasteiger partial charge < -0.3 is 20.3 Å². The van der Waals surface area contributed by atoms with E-state index >= 15 is 0 Å². The molecule has 0 aromatic carbocycles. The lowest BCUT2D eigenvalue weighted by molar-refractivity contribution is -0.143. The van der Waals surface area contributed by atoms with Gasteiger partial charge >= 0.3 is 5.97 Å². The van der Waals surface area contributed by atoms with Crippen LogP contribution in [0.3, 0.4) is 0 Å². The molecular weight excluding hydrogens is 911 g/mol. The Kier molecular flexibility index (Phi) is 62.9. The number of hydrogen-bond acceptors (Lipinski definition) is 5. The lowest BCUT2D eigenvalue weighted by atomic mass is 10.0. The van der Waals surface area contributed by atoms with Gasteiger partial charge in [0, 0.05) is 12.8 Å². The van der Waals surface area contributed by atoms with Gasteiger partial charge in [-0.3, -0.25) is 9.59 Å². The number of aliphatic hydroxyl groups is 2. The number of hydrogen-bond donors (Lipinski definition) is 3. The lowest BCUT2D eigenvalue weighted by Crippen LogP contribution is -2.45. The van der Waals surface area contributed by atoms with Crippen LogP contribution in [0.15, 0.2) is 12.2 Å². The summed E-state index contributed by atoms with van der Waals surface area (Å²) in [5, 5.41) is 23.4. The number of ether oxygens (including phenoxy) is 1. The average Bonchev–Trinajstić information content (AvgIpc) is 3.40. The van der Waals surface area contributed by atoms with Crippen molar-refractivity contribution in [2.45, 2.75) is 398 Å². The Labute approximate surface area is 463 Å². The second kappa shape index (κ2) is 64.1. The molecule has 0 saturated carbocycles. The Hall–Kier alpha value is -1.40. The zero-order chi connectivity index (χ0) is 53.6. The largest absolute Gasteiger partial charge is 0.466 e. The van der Waals surface area contributed by atoms with Gasteiger partial charge in [0.1, 0.15) is 0 Å². The molecule has 0 aliphatic carbocycles. The number of carbonyl (C=O) groups excluding carboxylic acids is 2. The van der Waals surface area contributed by atoms with Crippen LogP contribution in [0.25, 0.3) is 0 Å². The molecule has 2 unspecified atom stereocenters. The Morgan fingerprint density at radius 3 is 0.959 bits per heavy atom. The summed E-state index contributed by atoms with van der Waals surface area (Å²) < 4.78 is 5.47. The monoisotopic (exact) mass is 1040 g/mol. The number of carbonyl (C=O) groups is 2. The second-order valence-electron chi connectivity index (χ2n) is 23.5. The molecule has 440 valence electrons. The van der Waals surface area contributed by atoms with Crippen molar-refractivity contribution < 1.29 is 24.5 Å². The van der Waals surface area contributed by atoms with E-state index in [1.54, 1.807) is 0 Å². The molecule has 0 saturated heterocycles. The van der Waals surface area contributed by atoms with Crippen molar-refractivity contribution in [1.82, 2.24) is 5.32 Å². The van der Waals surface area contributed by atoms with Crippen LogP contribution < -0.4 is 5.32 Å². The summed E-state index contributed by atoms with van der Waals surface area (Å²) in [6.07, 6.45) is 78.2. The highest BCUT2D eigenvalue weighted by molar-refractivity contribution is 5.76. The molecule has 0 rings (SSSR count). The molecule has 2 atom stereocenters. The number of nitrogens with one attached hydrogen (secondary N) is 1. The zero-order valence-corrected chi connectivity index (χ0v) is 50.4. The maximum atomic E-state index is 12.5. The topological polar surface area (TPSA) is 95.9 Å². The van der Waals surface area contributed by atoms with Gasteiger partial charge in [-0.05, 0) is 51.4 Å². The summed E-state index contributed by atoms with van der Waals surface area (Å²) >= 11 is 0. The van der Waals surface area contributed by atoms with Crippen LogP contribution in [-0.4, -0.2) is 47.4 Å². The predicted molar refractivity (Wildman–Crippen MR) is 324 cm³/mol. The van der Waals surface area contributed by atoms with Crippen molar-refractivity contribution >= 4 is 11.9 Å². The molecule has 0 aromatic heterocycles.